The number of carbonyl (C=O) groups excluding carboxylic acids is 1. The Balaban J connectivity index is 3.34. The van der Waals surface area contributed by atoms with Gasteiger partial charge in [0.1, 0.15) is 0 Å². The quantitative estimate of drug-likeness (QED) is 0.118. The molecule has 0 heterocycles. The first-order chi connectivity index (χ1) is 12.0. The van der Waals surface area contributed by atoms with Gasteiger partial charge in [0, 0.05) is 12.8 Å². The minimum Gasteiger partial charge on any atom is -0.462 e. The second kappa shape index (κ2) is 15.9. The lowest BCUT2D eigenvalue weighted by molar-refractivity contribution is -0.139. The van der Waals surface area contributed by atoms with Gasteiger partial charge in [0.15, 0.2) is 0 Å². The second-order valence-electron chi connectivity index (χ2n) is 7.47. The topological polar surface area (TPSA) is 26.3 Å². The van der Waals surface area contributed by atoms with Gasteiger partial charge >= 0.3 is 5.97 Å². The number of rotatable bonds is 17. The van der Waals surface area contributed by atoms with E-state index >= 15 is 0 Å². The van der Waals surface area contributed by atoms with E-state index < -0.39 is 7.26 Å². The standard InChI is InChI=1S/C22H44O2P/c1-6-25(7-2,8-3)20-18-16-14-12-10-9-11-13-15-17-19-24-22(23)21(4)5/h4,6-20H2,1-3,5H3/q+1. The molecule has 2 nitrogen and oxygen atoms in total. The molecule has 0 aromatic carbocycles. The highest BCUT2D eigenvalue weighted by Crippen LogP contribution is 2.58. The molecule has 0 N–H and O–H groups in total. The van der Waals surface area contributed by atoms with Crippen LogP contribution in [0.15, 0.2) is 12.2 Å². The van der Waals surface area contributed by atoms with Gasteiger partial charge in [0.25, 0.3) is 0 Å². The van der Waals surface area contributed by atoms with Gasteiger partial charge in [-0.1, -0.05) is 51.5 Å². The van der Waals surface area contributed by atoms with Crippen LogP contribution in [-0.2, 0) is 9.53 Å². The van der Waals surface area contributed by atoms with Crippen LogP contribution in [0.2, 0.25) is 0 Å². The molecular weight excluding hydrogens is 327 g/mol. The number of ether oxygens (including phenoxy) is 1. The van der Waals surface area contributed by atoms with E-state index in [1.165, 1.54) is 82.4 Å². The number of esters is 1. The molecule has 0 radical (unpaired) electrons. The minimum absolute atomic E-state index is 0.254. The van der Waals surface area contributed by atoms with Crippen molar-refractivity contribution in [1.29, 1.82) is 0 Å². The summed E-state index contributed by atoms with van der Waals surface area (Å²) in [5.41, 5.74) is 0.492. The molecular formula is C22H44O2P+. The maximum Gasteiger partial charge on any atom is 0.333 e. The molecule has 0 saturated carbocycles. The summed E-state index contributed by atoms with van der Waals surface area (Å²) in [6, 6.07) is 0. The molecule has 0 bridgehead atoms. The van der Waals surface area contributed by atoms with Crippen molar-refractivity contribution in [2.75, 3.05) is 31.3 Å². The highest BCUT2D eigenvalue weighted by atomic mass is 31.2. The van der Waals surface area contributed by atoms with Gasteiger partial charge in [-0.2, -0.15) is 0 Å². The lowest BCUT2D eigenvalue weighted by Crippen LogP contribution is -2.07. The lowest BCUT2D eigenvalue weighted by atomic mass is 10.1. The number of unbranched alkanes of at least 4 members (excludes halogenated alkanes) is 9. The molecule has 0 rings (SSSR count). The number of hydrogen-bond donors (Lipinski definition) is 0. The Morgan fingerprint density at radius 2 is 1.16 bits per heavy atom. The molecule has 25 heavy (non-hydrogen) atoms. The van der Waals surface area contributed by atoms with Crippen LogP contribution in [0.4, 0.5) is 0 Å². The molecule has 0 amide bonds. The minimum atomic E-state index is -0.567. The largest absolute Gasteiger partial charge is 0.462 e. The first kappa shape index (κ1) is 24.6. The van der Waals surface area contributed by atoms with Crippen molar-refractivity contribution in [3.05, 3.63) is 12.2 Å². The molecule has 148 valence electrons. The summed E-state index contributed by atoms with van der Waals surface area (Å²) in [4.78, 5) is 11.2. The first-order valence-electron chi connectivity index (χ1n) is 10.7. The average Bonchev–Trinajstić information content (AvgIpc) is 2.62. The molecule has 0 aliphatic rings. The fraction of sp³-hybridized carbons (Fsp3) is 0.864. The van der Waals surface area contributed by atoms with Crippen molar-refractivity contribution in [1.82, 2.24) is 0 Å². The Bertz CT molecular complexity index is 340. The van der Waals surface area contributed by atoms with E-state index in [2.05, 4.69) is 27.4 Å². The normalized spacial score (nSPS) is 11.5. The van der Waals surface area contributed by atoms with E-state index in [0.717, 1.165) is 6.42 Å². The van der Waals surface area contributed by atoms with E-state index in [-0.39, 0.29) is 5.97 Å². The first-order valence-corrected chi connectivity index (χ1v) is 13.2. The Morgan fingerprint density at radius 3 is 1.56 bits per heavy atom. The summed E-state index contributed by atoms with van der Waals surface area (Å²) in [6.07, 6.45) is 19.1. The van der Waals surface area contributed by atoms with Crippen molar-refractivity contribution in [3.8, 4) is 0 Å². The predicted octanol–water partition coefficient (Wildman–Crippen LogP) is 7.08. The summed E-state index contributed by atoms with van der Waals surface area (Å²) in [5.74, 6) is -0.254. The van der Waals surface area contributed by atoms with Gasteiger partial charge in [-0.25, -0.2) is 4.79 Å². The molecule has 0 aromatic rings. The zero-order valence-corrected chi connectivity index (χ0v) is 18.5. The van der Waals surface area contributed by atoms with E-state index in [4.69, 9.17) is 4.74 Å². The third kappa shape index (κ3) is 12.6. The van der Waals surface area contributed by atoms with Crippen LogP contribution in [0.5, 0.6) is 0 Å². The van der Waals surface area contributed by atoms with E-state index in [9.17, 15) is 4.79 Å². The summed E-state index contributed by atoms with van der Waals surface area (Å²) in [7, 11) is -0.567. The van der Waals surface area contributed by atoms with Crippen LogP contribution >= 0.6 is 7.26 Å². The van der Waals surface area contributed by atoms with Gasteiger partial charge in [-0.05, 0) is 47.0 Å². The molecule has 0 aliphatic carbocycles. The average molecular weight is 372 g/mol. The third-order valence-electron chi connectivity index (χ3n) is 5.62. The monoisotopic (exact) mass is 371 g/mol. The van der Waals surface area contributed by atoms with Gasteiger partial charge in [0.05, 0.1) is 31.3 Å². The maximum absolute atomic E-state index is 11.2. The maximum atomic E-state index is 11.2. The predicted molar refractivity (Wildman–Crippen MR) is 115 cm³/mol. The molecule has 0 aliphatic heterocycles. The molecule has 0 fully saturated rings. The van der Waals surface area contributed by atoms with Crippen LogP contribution in [-0.4, -0.2) is 37.2 Å². The lowest BCUT2D eigenvalue weighted by Gasteiger charge is -2.23. The van der Waals surface area contributed by atoms with Gasteiger partial charge < -0.3 is 4.74 Å². The SMILES string of the molecule is C=C(C)C(=O)OCCCCCCCCCCCC[P+](CC)(CC)CC. The smallest absolute Gasteiger partial charge is 0.333 e. The van der Waals surface area contributed by atoms with Crippen molar-refractivity contribution in [3.63, 3.8) is 0 Å². The Kier molecular flexibility index (Phi) is 15.6. The zero-order chi connectivity index (χ0) is 19.0. The molecule has 0 atom stereocenters. The Hall–Kier alpha value is -0.360. The molecule has 0 unspecified atom stereocenters. The molecule has 0 spiro atoms. The van der Waals surface area contributed by atoms with Gasteiger partial charge in [-0.15, -0.1) is 0 Å². The van der Waals surface area contributed by atoms with Crippen LogP contribution in [0, 0.1) is 0 Å². The van der Waals surface area contributed by atoms with Crippen molar-refractivity contribution in [2.45, 2.75) is 91.9 Å². The van der Waals surface area contributed by atoms with Gasteiger partial charge in [-0.3, -0.25) is 0 Å². The second-order valence-corrected chi connectivity index (χ2v) is 12.5. The number of carbonyl (C=O) groups is 1. The van der Waals surface area contributed by atoms with Crippen LogP contribution in [0.25, 0.3) is 0 Å². The number of hydrogen-bond acceptors (Lipinski definition) is 2. The summed E-state index contributed by atoms with van der Waals surface area (Å²) < 4.78 is 5.10. The summed E-state index contributed by atoms with van der Waals surface area (Å²) >= 11 is 0. The van der Waals surface area contributed by atoms with E-state index in [0.29, 0.717) is 12.2 Å². The molecule has 0 saturated heterocycles. The van der Waals surface area contributed by atoms with Crippen molar-refractivity contribution in [2.24, 2.45) is 0 Å². The van der Waals surface area contributed by atoms with Crippen LogP contribution in [0.3, 0.4) is 0 Å². The Labute approximate surface area is 158 Å². The Morgan fingerprint density at radius 1 is 0.760 bits per heavy atom. The van der Waals surface area contributed by atoms with Crippen LogP contribution in [0.1, 0.15) is 91.9 Å². The fourth-order valence-corrected chi connectivity index (χ4v) is 6.58. The zero-order valence-electron chi connectivity index (χ0n) is 17.6. The molecule has 3 heteroatoms. The van der Waals surface area contributed by atoms with Crippen LogP contribution < -0.4 is 0 Å². The van der Waals surface area contributed by atoms with Crippen molar-refractivity contribution < 1.29 is 9.53 Å². The highest BCUT2D eigenvalue weighted by molar-refractivity contribution is 7.75. The fourth-order valence-electron chi connectivity index (χ4n) is 3.40. The third-order valence-corrected chi connectivity index (χ3v) is 10.9. The molecule has 0 aromatic heterocycles. The highest BCUT2D eigenvalue weighted by Gasteiger charge is 2.29. The van der Waals surface area contributed by atoms with Crippen molar-refractivity contribution >= 4 is 13.2 Å². The van der Waals surface area contributed by atoms with E-state index in [1.54, 1.807) is 6.92 Å². The van der Waals surface area contributed by atoms with E-state index in [1.807, 2.05) is 0 Å². The van der Waals surface area contributed by atoms with Gasteiger partial charge in [0.2, 0.25) is 0 Å². The summed E-state index contributed by atoms with van der Waals surface area (Å²) in [5, 5.41) is 0. The summed E-state index contributed by atoms with van der Waals surface area (Å²) in [6.45, 7) is 13.0.